The van der Waals surface area contributed by atoms with Crippen LogP contribution in [0, 0.1) is 6.92 Å². The second-order valence-corrected chi connectivity index (χ2v) is 8.08. The summed E-state index contributed by atoms with van der Waals surface area (Å²) in [5.74, 6) is 1.39. The minimum atomic E-state index is -0.180. The summed E-state index contributed by atoms with van der Waals surface area (Å²) in [5.41, 5.74) is 3.19. The molecule has 150 valence electrons. The maximum absolute atomic E-state index is 12.3. The van der Waals surface area contributed by atoms with E-state index in [2.05, 4.69) is 15.6 Å². The number of anilines is 2. The average molecular weight is 428 g/mol. The number of amides is 2. The van der Waals surface area contributed by atoms with E-state index in [1.54, 1.807) is 37.4 Å². The molecule has 0 saturated carbocycles. The molecule has 8 heteroatoms. The van der Waals surface area contributed by atoms with Crippen molar-refractivity contribution in [3.8, 4) is 5.75 Å². The van der Waals surface area contributed by atoms with Crippen LogP contribution in [-0.2, 0) is 10.5 Å². The second kappa shape index (κ2) is 10.1. The lowest BCUT2D eigenvalue weighted by Crippen LogP contribution is -2.14. The van der Waals surface area contributed by atoms with Gasteiger partial charge >= 0.3 is 0 Å². The standard InChI is InChI=1S/C21H21N3O3S2/c1-14-4-3-5-15(10-14)20(26)24-21-23-17(12-29-21)11-28-13-19(25)22-16-6-8-18(27-2)9-7-16/h3-10,12H,11,13H2,1-2H3,(H,22,25)(H,23,24,26). The molecule has 3 rings (SSSR count). The lowest BCUT2D eigenvalue weighted by molar-refractivity contribution is -0.113. The molecule has 1 aromatic heterocycles. The van der Waals surface area contributed by atoms with Gasteiger partial charge < -0.3 is 10.1 Å². The molecule has 2 aromatic carbocycles. The maximum atomic E-state index is 12.3. The van der Waals surface area contributed by atoms with Gasteiger partial charge in [0.05, 0.1) is 18.6 Å². The highest BCUT2D eigenvalue weighted by Gasteiger charge is 2.10. The van der Waals surface area contributed by atoms with E-state index in [1.807, 2.05) is 30.5 Å². The van der Waals surface area contributed by atoms with Crippen LogP contribution in [0.4, 0.5) is 10.8 Å². The van der Waals surface area contributed by atoms with E-state index in [9.17, 15) is 9.59 Å². The van der Waals surface area contributed by atoms with E-state index in [4.69, 9.17) is 4.74 Å². The predicted molar refractivity (Wildman–Crippen MR) is 119 cm³/mol. The molecule has 0 saturated heterocycles. The summed E-state index contributed by atoms with van der Waals surface area (Å²) in [4.78, 5) is 28.8. The molecule has 0 aliphatic heterocycles. The molecule has 0 radical (unpaired) electrons. The third-order valence-corrected chi connectivity index (χ3v) is 5.68. The summed E-state index contributed by atoms with van der Waals surface area (Å²) >= 11 is 2.84. The van der Waals surface area contributed by atoms with E-state index in [1.165, 1.54) is 23.1 Å². The Hall–Kier alpha value is -2.84. The molecular formula is C21H21N3O3S2. The van der Waals surface area contributed by atoms with E-state index in [0.717, 1.165) is 22.7 Å². The summed E-state index contributed by atoms with van der Waals surface area (Å²) in [6, 6.07) is 14.6. The number of rotatable bonds is 8. The van der Waals surface area contributed by atoms with Crippen LogP contribution in [0.25, 0.3) is 0 Å². The number of nitrogens with one attached hydrogen (secondary N) is 2. The van der Waals surface area contributed by atoms with Gasteiger partial charge in [-0.05, 0) is 43.3 Å². The van der Waals surface area contributed by atoms with Crippen LogP contribution in [0.2, 0.25) is 0 Å². The van der Waals surface area contributed by atoms with E-state index in [-0.39, 0.29) is 11.8 Å². The Morgan fingerprint density at radius 3 is 2.66 bits per heavy atom. The number of ether oxygens (including phenoxy) is 1. The van der Waals surface area contributed by atoms with E-state index in [0.29, 0.717) is 22.2 Å². The van der Waals surface area contributed by atoms with Crippen molar-refractivity contribution in [2.24, 2.45) is 0 Å². The van der Waals surface area contributed by atoms with Crippen LogP contribution in [0.1, 0.15) is 21.6 Å². The normalized spacial score (nSPS) is 10.4. The molecule has 2 N–H and O–H groups in total. The Kier molecular flexibility index (Phi) is 7.26. The van der Waals surface area contributed by atoms with Crippen molar-refractivity contribution in [1.29, 1.82) is 0 Å². The third kappa shape index (κ3) is 6.33. The van der Waals surface area contributed by atoms with Crippen LogP contribution in [0.3, 0.4) is 0 Å². The van der Waals surface area contributed by atoms with Gasteiger partial charge in [0.25, 0.3) is 5.91 Å². The quantitative estimate of drug-likeness (QED) is 0.550. The lowest BCUT2D eigenvalue weighted by atomic mass is 10.1. The summed E-state index contributed by atoms with van der Waals surface area (Å²) in [6.07, 6.45) is 0. The number of nitrogens with zero attached hydrogens (tertiary/aromatic N) is 1. The van der Waals surface area contributed by atoms with E-state index >= 15 is 0 Å². The highest BCUT2D eigenvalue weighted by atomic mass is 32.2. The number of methoxy groups -OCH3 is 1. The van der Waals surface area contributed by atoms with Gasteiger partial charge in [-0.3, -0.25) is 14.9 Å². The molecule has 0 bridgehead atoms. The summed E-state index contributed by atoms with van der Waals surface area (Å²) in [5, 5.41) is 8.10. The third-order valence-electron chi connectivity index (χ3n) is 3.91. The highest BCUT2D eigenvalue weighted by Crippen LogP contribution is 2.21. The molecule has 6 nitrogen and oxygen atoms in total. The molecule has 1 heterocycles. The van der Waals surface area contributed by atoms with Crippen LogP contribution in [0.15, 0.2) is 53.9 Å². The second-order valence-electron chi connectivity index (χ2n) is 6.24. The minimum absolute atomic E-state index is 0.0802. The fourth-order valence-corrected chi connectivity index (χ4v) is 4.03. The van der Waals surface area contributed by atoms with Gasteiger partial charge in [-0.25, -0.2) is 4.98 Å². The van der Waals surface area contributed by atoms with Crippen LogP contribution in [-0.4, -0.2) is 29.7 Å². The lowest BCUT2D eigenvalue weighted by Gasteiger charge is -2.06. The first-order valence-corrected chi connectivity index (χ1v) is 10.9. The Bertz CT molecular complexity index is 987. The van der Waals surface area contributed by atoms with Crippen molar-refractivity contribution in [1.82, 2.24) is 4.98 Å². The van der Waals surface area contributed by atoms with Gasteiger partial charge in [0.15, 0.2) is 5.13 Å². The van der Waals surface area contributed by atoms with Gasteiger partial charge in [-0.2, -0.15) is 0 Å². The number of benzene rings is 2. The molecule has 3 aromatic rings. The first-order chi connectivity index (χ1) is 14.0. The first kappa shape index (κ1) is 20.9. The largest absolute Gasteiger partial charge is 0.497 e. The van der Waals surface area contributed by atoms with Crippen molar-refractivity contribution < 1.29 is 14.3 Å². The SMILES string of the molecule is COc1ccc(NC(=O)CSCc2csc(NC(=O)c3cccc(C)c3)n2)cc1. The van der Waals surface area contributed by atoms with Crippen molar-refractivity contribution in [3.63, 3.8) is 0 Å². The molecule has 0 unspecified atom stereocenters. The monoisotopic (exact) mass is 427 g/mol. The smallest absolute Gasteiger partial charge is 0.257 e. The van der Waals surface area contributed by atoms with Crippen LogP contribution < -0.4 is 15.4 Å². The molecule has 0 aliphatic rings. The average Bonchev–Trinajstić information content (AvgIpc) is 3.15. The predicted octanol–water partition coefficient (Wildman–Crippen LogP) is 4.58. The summed E-state index contributed by atoms with van der Waals surface area (Å²) in [7, 11) is 1.60. The number of aromatic nitrogens is 1. The van der Waals surface area contributed by atoms with Crippen LogP contribution >= 0.6 is 23.1 Å². The first-order valence-electron chi connectivity index (χ1n) is 8.87. The fourth-order valence-electron chi connectivity index (χ4n) is 2.51. The van der Waals surface area contributed by atoms with Gasteiger partial charge in [0.2, 0.25) is 5.91 Å². The molecule has 2 amide bonds. The number of carbonyl (C=O) groups excluding carboxylic acids is 2. The number of hydrogen-bond donors (Lipinski definition) is 2. The minimum Gasteiger partial charge on any atom is -0.497 e. The Balaban J connectivity index is 1.44. The van der Waals surface area contributed by atoms with Gasteiger partial charge in [0, 0.05) is 22.4 Å². The van der Waals surface area contributed by atoms with Crippen molar-refractivity contribution in [2.75, 3.05) is 23.5 Å². The van der Waals surface area contributed by atoms with Gasteiger partial charge in [-0.15, -0.1) is 23.1 Å². The Morgan fingerprint density at radius 2 is 1.93 bits per heavy atom. The zero-order chi connectivity index (χ0) is 20.6. The topological polar surface area (TPSA) is 80.3 Å². The maximum Gasteiger partial charge on any atom is 0.257 e. The number of hydrogen-bond acceptors (Lipinski definition) is 6. The number of thioether (sulfide) groups is 1. The molecule has 0 fully saturated rings. The Morgan fingerprint density at radius 1 is 1.14 bits per heavy atom. The fraction of sp³-hybridized carbons (Fsp3) is 0.190. The molecule has 0 aliphatic carbocycles. The Labute approximate surface area is 177 Å². The zero-order valence-electron chi connectivity index (χ0n) is 16.1. The number of carbonyl (C=O) groups is 2. The van der Waals surface area contributed by atoms with Gasteiger partial charge in [-0.1, -0.05) is 17.7 Å². The summed E-state index contributed by atoms with van der Waals surface area (Å²) in [6.45, 7) is 1.94. The number of thiazole rings is 1. The highest BCUT2D eigenvalue weighted by molar-refractivity contribution is 7.99. The van der Waals surface area contributed by atoms with Gasteiger partial charge in [0.1, 0.15) is 5.75 Å². The molecule has 29 heavy (non-hydrogen) atoms. The summed E-state index contributed by atoms with van der Waals surface area (Å²) < 4.78 is 5.10. The van der Waals surface area contributed by atoms with Crippen LogP contribution in [0.5, 0.6) is 5.75 Å². The zero-order valence-corrected chi connectivity index (χ0v) is 17.7. The van der Waals surface area contributed by atoms with Crippen molar-refractivity contribution in [2.45, 2.75) is 12.7 Å². The van der Waals surface area contributed by atoms with Crippen molar-refractivity contribution >= 4 is 45.7 Å². The number of aryl methyl sites for hydroxylation is 1. The molecule has 0 atom stereocenters. The molecule has 0 spiro atoms. The van der Waals surface area contributed by atoms with Crippen molar-refractivity contribution in [3.05, 3.63) is 70.7 Å². The van der Waals surface area contributed by atoms with E-state index < -0.39 is 0 Å². The molecular weight excluding hydrogens is 406 g/mol.